The third-order valence-corrected chi connectivity index (χ3v) is 4.03. The van der Waals surface area contributed by atoms with Crippen LogP contribution in [0.15, 0.2) is 0 Å². The molecule has 0 aromatic carbocycles. The molecule has 1 fully saturated rings. The first-order valence-electron chi connectivity index (χ1n) is 5.61. The van der Waals surface area contributed by atoms with E-state index in [0.717, 1.165) is 26.2 Å². The number of nitrogens with zero attached hydrogens (tertiary/aromatic N) is 1. The zero-order valence-electron chi connectivity index (χ0n) is 9.99. The lowest BCUT2D eigenvalue weighted by molar-refractivity contribution is -0.122. The van der Waals surface area contributed by atoms with Crippen molar-refractivity contribution < 1.29 is 9.00 Å². The fourth-order valence-electron chi connectivity index (χ4n) is 1.50. The summed E-state index contributed by atoms with van der Waals surface area (Å²) in [4.78, 5) is 13.7. The van der Waals surface area contributed by atoms with Crippen LogP contribution >= 0.6 is 0 Å². The fraction of sp³-hybridized carbons (Fsp3) is 0.900. The topological polar surface area (TPSA) is 61.4 Å². The molecule has 2 atom stereocenters. The first-order valence-corrected chi connectivity index (χ1v) is 7.23. The minimum absolute atomic E-state index is 0.0203. The highest BCUT2D eigenvalue weighted by Gasteiger charge is 2.14. The van der Waals surface area contributed by atoms with Gasteiger partial charge in [0.2, 0.25) is 5.91 Å². The van der Waals surface area contributed by atoms with E-state index in [0.29, 0.717) is 13.1 Å². The summed E-state index contributed by atoms with van der Waals surface area (Å²) in [6.45, 7) is 6.55. The summed E-state index contributed by atoms with van der Waals surface area (Å²) in [6.07, 6.45) is 1.66. The van der Waals surface area contributed by atoms with Gasteiger partial charge in [-0.3, -0.25) is 13.9 Å². The molecular formula is C10H21N3O2S. The Morgan fingerprint density at radius 3 is 2.69 bits per heavy atom. The molecule has 1 saturated heterocycles. The maximum Gasteiger partial charge on any atom is 0.234 e. The molecule has 0 saturated carbocycles. The smallest absolute Gasteiger partial charge is 0.234 e. The minimum atomic E-state index is -0.872. The third-order valence-electron chi connectivity index (χ3n) is 2.73. The van der Waals surface area contributed by atoms with Crippen molar-refractivity contribution in [1.82, 2.24) is 15.5 Å². The van der Waals surface area contributed by atoms with E-state index >= 15 is 0 Å². The molecule has 0 aromatic rings. The molecule has 0 spiro atoms. The molecule has 1 aliphatic rings. The maximum absolute atomic E-state index is 11.6. The molecule has 0 radical (unpaired) electrons. The van der Waals surface area contributed by atoms with Crippen molar-refractivity contribution in [1.29, 1.82) is 0 Å². The Kier molecular flexibility index (Phi) is 5.94. The average molecular weight is 247 g/mol. The van der Waals surface area contributed by atoms with Gasteiger partial charge in [-0.15, -0.1) is 0 Å². The molecule has 1 aliphatic heterocycles. The largest absolute Gasteiger partial charge is 0.354 e. The minimum Gasteiger partial charge on any atom is -0.354 e. The Morgan fingerprint density at radius 2 is 2.12 bits per heavy atom. The number of piperazine rings is 1. The quantitative estimate of drug-likeness (QED) is 0.639. The van der Waals surface area contributed by atoms with E-state index in [4.69, 9.17) is 0 Å². The van der Waals surface area contributed by atoms with E-state index in [9.17, 15) is 9.00 Å². The normalized spacial score (nSPS) is 21.4. The predicted octanol–water partition coefficient (Wildman–Crippen LogP) is -1.23. The summed E-state index contributed by atoms with van der Waals surface area (Å²) in [5.74, 6) is 0.0270. The first kappa shape index (κ1) is 13.6. The SMILES string of the molecule is CC(CNC(=O)CN1CCNCC1)S(C)=O. The van der Waals surface area contributed by atoms with E-state index in [1.165, 1.54) is 0 Å². The van der Waals surface area contributed by atoms with E-state index in [1.54, 1.807) is 6.26 Å². The van der Waals surface area contributed by atoms with Gasteiger partial charge in [-0.2, -0.15) is 0 Å². The number of nitrogens with one attached hydrogen (secondary N) is 2. The lowest BCUT2D eigenvalue weighted by Gasteiger charge is -2.26. The molecule has 94 valence electrons. The fourth-order valence-corrected chi connectivity index (χ4v) is 1.82. The number of amides is 1. The molecule has 0 aromatic heterocycles. The lowest BCUT2D eigenvalue weighted by atomic mass is 10.3. The van der Waals surface area contributed by atoms with Crippen molar-refractivity contribution in [3.63, 3.8) is 0 Å². The molecular weight excluding hydrogens is 226 g/mol. The summed E-state index contributed by atoms with van der Waals surface area (Å²) < 4.78 is 11.1. The van der Waals surface area contributed by atoms with Crippen molar-refractivity contribution in [2.45, 2.75) is 12.2 Å². The number of carbonyl (C=O) groups is 1. The van der Waals surface area contributed by atoms with Crippen LogP contribution in [0.2, 0.25) is 0 Å². The molecule has 1 heterocycles. The summed E-state index contributed by atoms with van der Waals surface area (Å²) in [7, 11) is -0.872. The van der Waals surface area contributed by atoms with E-state index in [1.807, 2.05) is 6.92 Å². The van der Waals surface area contributed by atoms with Crippen molar-refractivity contribution in [2.75, 3.05) is 45.5 Å². The zero-order valence-corrected chi connectivity index (χ0v) is 10.8. The van der Waals surface area contributed by atoms with Crippen LogP contribution in [0.3, 0.4) is 0 Å². The van der Waals surface area contributed by atoms with Crippen LogP contribution < -0.4 is 10.6 Å². The van der Waals surface area contributed by atoms with Gasteiger partial charge >= 0.3 is 0 Å². The van der Waals surface area contributed by atoms with Crippen LogP contribution in [-0.4, -0.2) is 65.8 Å². The molecule has 1 amide bonds. The first-order chi connectivity index (χ1) is 7.59. The molecule has 0 aliphatic carbocycles. The highest BCUT2D eigenvalue weighted by Crippen LogP contribution is 1.93. The zero-order chi connectivity index (χ0) is 12.0. The molecule has 16 heavy (non-hydrogen) atoms. The summed E-state index contributed by atoms with van der Waals surface area (Å²) in [5.41, 5.74) is 0. The van der Waals surface area contributed by atoms with Crippen LogP contribution in [0, 0.1) is 0 Å². The number of carbonyl (C=O) groups excluding carboxylic acids is 1. The molecule has 6 heteroatoms. The Bertz CT molecular complexity index is 254. The maximum atomic E-state index is 11.6. The summed E-state index contributed by atoms with van der Waals surface area (Å²) in [5, 5.41) is 6.08. The molecule has 1 rings (SSSR count). The lowest BCUT2D eigenvalue weighted by Crippen LogP contribution is -2.48. The van der Waals surface area contributed by atoms with Gasteiger partial charge in [0.05, 0.1) is 6.54 Å². The van der Waals surface area contributed by atoms with Crippen molar-refractivity contribution in [3.8, 4) is 0 Å². The summed E-state index contributed by atoms with van der Waals surface area (Å²) in [6, 6.07) is 0. The van der Waals surface area contributed by atoms with Crippen molar-refractivity contribution in [3.05, 3.63) is 0 Å². The van der Waals surface area contributed by atoms with E-state index in [2.05, 4.69) is 15.5 Å². The average Bonchev–Trinajstić information content (AvgIpc) is 2.27. The second-order valence-corrected chi connectivity index (χ2v) is 5.94. The Balaban J connectivity index is 2.17. The second kappa shape index (κ2) is 6.98. The Labute approximate surface area is 99.4 Å². The molecule has 2 N–H and O–H groups in total. The van der Waals surface area contributed by atoms with Gasteiger partial charge in [-0.1, -0.05) is 0 Å². The van der Waals surface area contributed by atoms with Crippen molar-refractivity contribution in [2.24, 2.45) is 0 Å². The molecule has 2 unspecified atom stereocenters. The van der Waals surface area contributed by atoms with Crippen LogP contribution in [0.4, 0.5) is 0 Å². The van der Waals surface area contributed by atoms with Gasteiger partial charge in [0.1, 0.15) is 0 Å². The predicted molar refractivity (Wildman–Crippen MR) is 65.8 cm³/mol. The van der Waals surface area contributed by atoms with Crippen LogP contribution in [0.25, 0.3) is 0 Å². The van der Waals surface area contributed by atoms with Crippen LogP contribution in [0.1, 0.15) is 6.92 Å². The van der Waals surface area contributed by atoms with Gasteiger partial charge in [-0.25, -0.2) is 0 Å². The Morgan fingerprint density at radius 1 is 1.50 bits per heavy atom. The number of hydrogen-bond acceptors (Lipinski definition) is 4. The highest BCUT2D eigenvalue weighted by molar-refractivity contribution is 7.84. The Hall–Kier alpha value is -0.460. The van der Waals surface area contributed by atoms with Crippen molar-refractivity contribution >= 4 is 16.7 Å². The van der Waals surface area contributed by atoms with Gasteiger partial charge in [0.25, 0.3) is 0 Å². The molecule has 0 bridgehead atoms. The van der Waals surface area contributed by atoms with E-state index < -0.39 is 10.8 Å². The highest BCUT2D eigenvalue weighted by atomic mass is 32.2. The van der Waals surface area contributed by atoms with Crippen LogP contribution in [-0.2, 0) is 15.6 Å². The van der Waals surface area contributed by atoms with Gasteiger partial charge in [-0.05, 0) is 6.92 Å². The van der Waals surface area contributed by atoms with Gasteiger partial charge in [0.15, 0.2) is 0 Å². The molecule has 5 nitrogen and oxygen atoms in total. The summed E-state index contributed by atoms with van der Waals surface area (Å²) >= 11 is 0. The standard InChI is InChI=1S/C10H21N3O2S/c1-9(16(2)15)7-12-10(14)8-13-5-3-11-4-6-13/h9,11H,3-8H2,1-2H3,(H,12,14). The number of rotatable bonds is 5. The number of hydrogen-bond donors (Lipinski definition) is 2. The van der Waals surface area contributed by atoms with E-state index in [-0.39, 0.29) is 11.2 Å². The van der Waals surface area contributed by atoms with Gasteiger partial charge in [0, 0.05) is 55.0 Å². The third kappa shape index (κ3) is 5.05. The second-order valence-electron chi connectivity index (χ2n) is 4.14. The van der Waals surface area contributed by atoms with Gasteiger partial charge < -0.3 is 10.6 Å². The monoisotopic (exact) mass is 247 g/mol. The van der Waals surface area contributed by atoms with Crippen LogP contribution in [0.5, 0.6) is 0 Å².